The van der Waals surface area contributed by atoms with E-state index >= 15 is 0 Å². The Morgan fingerprint density at radius 3 is 2.40 bits per heavy atom. The fourth-order valence-electron chi connectivity index (χ4n) is 4.45. The predicted molar refractivity (Wildman–Crippen MR) is 153 cm³/mol. The van der Waals surface area contributed by atoms with E-state index in [0.717, 1.165) is 22.5 Å². The summed E-state index contributed by atoms with van der Waals surface area (Å²) in [7, 11) is -4.15. The number of nitrogens with one attached hydrogen (secondary N) is 2. The minimum Gasteiger partial charge on any atom is -0.483 e. The number of carboxylic acid groups (broad SMARTS) is 1. The fourth-order valence-corrected chi connectivity index (χ4v) is 7.29. The number of halogens is 1. The van der Waals surface area contributed by atoms with E-state index in [4.69, 9.17) is 16.3 Å². The summed E-state index contributed by atoms with van der Waals surface area (Å²) in [5.74, 6) is -1.98. The number of sulfonamides is 1. The van der Waals surface area contributed by atoms with Gasteiger partial charge in [-0.2, -0.15) is 4.72 Å². The van der Waals surface area contributed by atoms with Crippen LogP contribution in [0.15, 0.2) is 95.2 Å². The summed E-state index contributed by atoms with van der Waals surface area (Å²) < 4.78 is 34.8. The number of thiophene rings is 1. The standard InChI is InChI=1S/C29H25ClN2O6S2/c30-21-12-10-20(11-13-21)25-14-15-27(39-25)40(36,37)32-29(28(34)35)16-23(29)22-8-4-5-9-24(22)38-18-26(33)31-17-19-6-2-1-3-7-19/h1-15,23,32H,16-18H2,(H,31,33)(H,34,35)/t23-,29-/m0/s1. The summed E-state index contributed by atoms with van der Waals surface area (Å²) in [6.45, 7) is 0.0741. The molecule has 0 aliphatic heterocycles. The number of hydrogen-bond donors (Lipinski definition) is 3. The average Bonchev–Trinajstić information content (AvgIpc) is 3.43. The lowest BCUT2D eigenvalue weighted by Gasteiger charge is -2.17. The van der Waals surface area contributed by atoms with Crippen LogP contribution in [0.25, 0.3) is 10.4 Å². The van der Waals surface area contributed by atoms with Crippen LogP contribution in [0, 0.1) is 0 Å². The van der Waals surface area contributed by atoms with Gasteiger partial charge in [0, 0.05) is 22.4 Å². The van der Waals surface area contributed by atoms with Gasteiger partial charge < -0.3 is 15.2 Å². The fraction of sp³-hybridized carbons (Fsp3) is 0.172. The number of hydrogen-bond acceptors (Lipinski definition) is 6. The molecule has 3 N–H and O–H groups in total. The number of carbonyl (C=O) groups excluding carboxylic acids is 1. The Kier molecular flexibility index (Phi) is 7.95. The van der Waals surface area contributed by atoms with E-state index in [1.807, 2.05) is 30.3 Å². The molecule has 1 fully saturated rings. The van der Waals surface area contributed by atoms with Crippen molar-refractivity contribution in [1.82, 2.24) is 10.0 Å². The first-order chi connectivity index (χ1) is 19.2. The number of aliphatic carboxylic acids is 1. The van der Waals surface area contributed by atoms with Crippen LogP contribution < -0.4 is 14.8 Å². The Morgan fingerprint density at radius 1 is 0.975 bits per heavy atom. The van der Waals surface area contributed by atoms with Gasteiger partial charge in [0.15, 0.2) is 6.61 Å². The zero-order valence-corrected chi connectivity index (χ0v) is 23.4. The summed E-state index contributed by atoms with van der Waals surface area (Å²) in [4.78, 5) is 25.5. The maximum absolute atomic E-state index is 13.3. The minimum absolute atomic E-state index is 0.00310. The van der Waals surface area contributed by atoms with Gasteiger partial charge in [-0.3, -0.25) is 9.59 Å². The number of rotatable bonds is 11. The number of ether oxygens (including phenoxy) is 1. The van der Waals surface area contributed by atoms with Crippen molar-refractivity contribution < 1.29 is 27.9 Å². The lowest BCUT2D eigenvalue weighted by molar-refractivity contribution is -0.140. The largest absolute Gasteiger partial charge is 0.483 e. The van der Waals surface area contributed by atoms with Gasteiger partial charge in [-0.05, 0) is 53.4 Å². The van der Waals surface area contributed by atoms with E-state index in [0.29, 0.717) is 27.8 Å². The Morgan fingerprint density at radius 2 is 1.68 bits per heavy atom. The molecule has 0 saturated heterocycles. The molecule has 11 heteroatoms. The summed E-state index contributed by atoms with van der Waals surface area (Å²) in [5, 5.41) is 13.4. The normalized spacial score (nSPS) is 18.2. The molecule has 0 radical (unpaired) electrons. The monoisotopic (exact) mass is 596 g/mol. The Hall–Kier alpha value is -3.70. The highest BCUT2D eigenvalue weighted by Crippen LogP contribution is 2.55. The van der Waals surface area contributed by atoms with Crippen LogP contribution in [0.4, 0.5) is 0 Å². The summed E-state index contributed by atoms with van der Waals surface area (Å²) in [6.07, 6.45) is 0.0392. The molecule has 3 aromatic carbocycles. The lowest BCUT2D eigenvalue weighted by Crippen LogP contribution is -2.44. The molecule has 5 rings (SSSR count). The maximum Gasteiger partial charge on any atom is 0.325 e. The zero-order chi connectivity index (χ0) is 28.3. The topological polar surface area (TPSA) is 122 Å². The zero-order valence-electron chi connectivity index (χ0n) is 21.0. The van der Waals surface area contributed by atoms with Crippen molar-refractivity contribution in [2.24, 2.45) is 0 Å². The molecule has 1 amide bonds. The molecule has 0 unspecified atom stereocenters. The molecule has 2 atom stereocenters. The number of para-hydroxylation sites is 1. The third-order valence-corrected chi connectivity index (χ3v) is 10.0. The number of carbonyl (C=O) groups is 2. The second kappa shape index (κ2) is 11.4. The van der Waals surface area contributed by atoms with Crippen molar-refractivity contribution in [1.29, 1.82) is 0 Å². The van der Waals surface area contributed by atoms with Crippen molar-refractivity contribution in [2.45, 2.75) is 28.6 Å². The first-order valence-electron chi connectivity index (χ1n) is 12.3. The molecule has 8 nitrogen and oxygen atoms in total. The van der Waals surface area contributed by atoms with Gasteiger partial charge in [0.05, 0.1) is 0 Å². The van der Waals surface area contributed by atoms with Crippen molar-refractivity contribution in [3.8, 4) is 16.2 Å². The highest BCUT2D eigenvalue weighted by atomic mass is 35.5. The van der Waals surface area contributed by atoms with Crippen LogP contribution in [0.2, 0.25) is 5.02 Å². The molecule has 1 heterocycles. The molecule has 1 aliphatic carbocycles. The highest BCUT2D eigenvalue weighted by molar-refractivity contribution is 7.91. The maximum atomic E-state index is 13.3. The average molecular weight is 597 g/mol. The molecule has 1 aromatic heterocycles. The number of benzene rings is 3. The number of amides is 1. The highest BCUT2D eigenvalue weighted by Gasteiger charge is 2.64. The summed E-state index contributed by atoms with van der Waals surface area (Å²) in [5.41, 5.74) is 0.514. The molecule has 206 valence electrons. The van der Waals surface area contributed by atoms with Crippen LogP contribution in [-0.2, 0) is 26.2 Å². The lowest BCUT2D eigenvalue weighted by atomic mass is 10.1. The van der Waals surface area contributed by atoms with Gasteiger partial charge in [0.1, 0.15) is 15.5 Å². The molecule has 0 spiro atoms. The molecular formula is C29H25ClN2O6S2. The molecule has 1 saturated carbocycles. The van der Waals surface area contributed by atoms with E-state index in [1.165, 1.54) is 6.07 Å². The van der Waals surface area contributed by atoms with Crippen LogP contribution >= 0.6 is 22.9 Å². The van der Waals surface area contributed by atoms with E-state index in [1.54, 1.807) is 54.6 Å². The van der Waals surface area contributed by atoms with Crippen LogP contribution in [0.1, 0.15) is 23.5 Å². The van der Waals surface area contributed by atoms with Crippen LogP contribution in [-0.4, -0.2) is 37.5 Å². The van der Waals surface area contributed by atoms with Gasteiger partial charge in [0.25, 0.3) is 15.9 Å². The van der Waals surface area contributed by atoms with Crippen molar-refractivity contribution in [2.75, 3.05) is 6.61 Å². The molecule has 1 aliphatic rings. The SMILES string of the molecule is O=C(COc1ccccc1[C@@H]1C[C@@]1(NS(=O)(=O)c1ccc(-c2ccc(Cl)cc2)s1)C(=O)O)NCc1ccccc1. The van der Waals surface area contributed by atoms with E-state index < -0.39 is 27.4 Å². The number of carboxylic acids is 1. The Balaban J connectivity index is 1.28. The second-order valence-corrected chi connectivity index (χ2v) is 12.8. The van der Waals surface area contributed by atoms with Gasteiger partial charge in [0.2, 0.25) is 0 Å². The van der Waals surface area contributed by atoms with Crippen molar-refractivity contribution in [3.05, 3.63) is 107 Å². The van der Waals surface area contributed by atoms with Crippen molar-refractivity contribution >= 4 is 44.8 Å². The van der Waals surface area contributed by atoms with Gasteiger partial charge in [-0.25, -0.2) is 8.42 Å². The first kappa shape index (κ1) is 27.9. The Bertz CT molecular complexity index is 1640. The second-order valence-electron chi connectivity index (χ2n) is 9.35. The quantitative estimate of drug-likeness (QED) is 0.223. The Labute approximate surface area is 240 Å². The summed E-state index contributed by atoms with van der Waals surface area (Å²) >= 11 is 6.98. The van der Waals surface area contributed by atoms with Gasteiger partial charge >= 0.3 is 5.97 Å². The van der Waals surface area contributed by atoms with E-state index in [-0.39, 0.29) is 23.1 Å². The molecule has 0 bridgehead atoms. The van der Waals surface area contributed by atoms with Crippen LogP contribution in [0.3, 0.4) is 0 Å². The molecular weight excluding hydrogens is 572 g/mol. The van der Waals surface area contributed by atoms with E-state index in [2.05, 4.69) is 10.0 Å². The molecule has 40 heavy (non-hydrogen) atoms. The third kappa shape index (κ3) is 6.05. The van der Waals surface area contributed by atoms with Gasteiger partial charge in [-0.15, -0.1) is 11.3 Å². The first-order valence-corrected chi connectivity index (χ1v) is 15.0. The van der Waals surface area contributed by atoms with Crippen LogP contribution in [0.5, 0.6) is 5.75 Å². The molecule has 4 aromatic rings. The van der Waals surface area contributed by atoms with E-state index in [9.17, 15) is 23.1 Å². The third-order valence-electron chi connectivity index (χ3n) is 6.62. The summed E-state index contributed by atoms with van der Waals surface area (Å²) in [6, 6.07) is 26.3. The van der Waals surface area contributed by atoms with Crippen molar-refractivity contribution in [3.63, 3.8) is 0 Å². The minimum atomic E-state index is -4.15. The smallest absolute Gasteiger partial charge is 0.325 e. The predicted octanol–water partition coefficient (Wildman–Crippen LogP) is 5.05. The van der Waals surface area contributed by atoms with Gasteiger partial charge in [-0.1, -0.05) is 72.3 Å².